The molecule has 0 atom stereocenters. The first-order valence-electron chi connectivity index (χ1n) is 9.47. The Balaban J connectivity index is 1.34. The lowest BCUT2D eigenvalue weighted by atomic mass is 10.1. The fourth-order valence-corrected chi connectivity index (χ4v) is 3.50. The SMILES string of the molecule is COC(=O)c1cnn(-c2ccc(CN3CCN(c4ccccc4)CC3)cc2)c1. The molecule has 0 saturated carbocycles. The molecule has 6 heteroatoms. The molecule has 0 spiro atoms. The molecule has 1 fully saturated rings. The number of carbonyl (C=O) groups is 1. The smallest absolute Gasteiger partial charge is 0.341 e. The van der Waals surface area contributed by atoms with E-state index in [4.69, 9.17) is 4.74 Å². The molecule has 1 aromatic heterocycles. The lowest BCUT2D eigenvalue weighted by molar-refractivity contribution is 0.0600. The summed E-state index contributed by atoms with van der Waals surface area (Å²) in [5, 5.41) is 4.24. The number of piperazine rings is 1. The van der Waals surface area contributed by atoms with Gasteiger partial charge in [-0.2, -0.15) is 5.10 Å². The number of aromatic nitrogens is 2. The van der Waals surface area contributed by atoms with Crippen LogP contribution in [0.2, 0.25) is 0 Å². The van der Waals surface area contributed by atoms with Gasteiger partial charge < -0.3 is 9.64 Å². The maximum Gasteiger partial charge on any atom is 0.341 e. The lowest BCUT2D eigenvalue weighted by Crippen LogP contribution is -2.45. The van der Waals surface area contributed by atoms with Gasteiger partial charge in [-0.3, -0.25) is 4.90 Å². The Morgan fingerprint density at radius 1 is 0.964 bits per heavy atom. The molecule has 1 aliphatic rings. The standard InChI is InChI=1S/C22H24N4O2/c1-28-22(27)19-15-23-26(17-19)21-9-7-18(8-10-21)16-24-11-13-25(14-12-24)20-5-3-2-4-6-20/h2-10,15,17H,11-14,16H2,1H3. The van der Waals surface area contributed by atoms with Gasteiger partial charge in [0.05, 0.1) is 24.6 Å². The van der Waals surface area contributed by atoms with Crippen molar-refractivity contribution in [3.05, 3.63) is 78.1 Å². The molecule has 144 valence electrons. The van der Waals surface area contributed by atoms with Gasteiger partial charge in [-0.15, -0.1) is 0 Å². The Labute approximate surface area is 164 Å². The van der Waals surface area contributed by atoms with E-state index in [1.54, 1.807) is 10.9 Å². The summed E-state index contributed by atoms with van der Waals surface area (Å²) in [6.07, 6.45) is 3.20. The molecule has 0 amide bonds. The van der Waals surface area contributed by atoms with E-state index in [1.165, 1.54) is 24.6 Å². The molecule has 6 nitrogen and oxygen atoms in total. The van der Waals surface area contributed by atoms with Crippen molar-refractivity contribution in [3.63, 3.8) is 0 Å². The van der Waals surface area contributed by atoms with E-state index in [9.17, 15) is 4.79 Å². The summed E-state index contributed by atoms with van der Waals surface area (Å²) in [4.78, 5) is 16.5. The highest BCUT2D eigenvalue weighted by Crippen LogP contribution is 2.17. The third kappa shape index (κ3) is 4.07. The van der Waals surface area contributed by atoms with Crippen LogP contribution in [0.4, 0.5) is 5.69 Å². The van der Waals surface area contributed by atoms with Gasteiger partial charge in [-0.1, -0.05) is 30.3 Å². The molecular formula is C22H24N4O2. The van der Waals surface area contributed by atoms with Gasteiger partial charge in [0, 0.05) is 44.6 Å². The van der Waals surface area contributed by atoms with Crippen molar-refractivity contribution in [2.24, 2.45) is 0 Å². The number of methoxy groups -OCH3 is 1. The highest BCUT2D eigenvalue weighted by atomic mass is 16.5. The lowest BCUT2D eigenvalue weighted by Gasteiger charge is -2.36. The number of para-hydroxylation sites is 1. The molecular weight excluding hydrogens is 352 g/mol. The second-order valence-electron chi connectivity index (χ2n) is 6.93. The van der Waals surface area contributed by atoms with Crippen LogP contribution >= 0.6 is 0 Å². The maximum absolute atomic E-state index is 11.6. The first-order chi connectivity index (χ1) is 13.7. The largest absolute Gasteiger partial charge is 0.465 e. The number of anilines is 1. The number of hydrogen-bond acceptors (Lipinski definition) is 5. The summed E-state index contributed by atoms with van der Waals surface area (Å²) in [6.45, 7) is 5.14. The summed E-state index contributed by atoms with van der Waals surface area (Å²) >= 11 is 0. The molecule has 0 bridgehead atoms. The van der Waals surface area contributed by atoms with Gasteiger partial charge in [-0.05, 0) is 29.8 Å². The van der Waals surface area contributed by atoms with Crippen LogP contribution in [0.25, 0.3) is 5.69 Å². The average Bonchev–Trinajstić information content (AvgIpc) is 3.25. The summed E-state index contributed by atoms with van der Waals surface area (Å²) < 4.78 is 6.41. The number of nitrogens with zero attached hydrogens (tertiary/aromatic N) is 4. The second-order valence-corrected chi connectivity index (χ2v) is 6.93. The Kier molecular flexibility index (Phi) is 5.39. The van der Waals surface area contributed by atoms with Crippen LogP contribution in [-0.4, -0.2) is 53.9 Å². The zero-order valence-electron chi connectivity index (χ0n) is 16.0. The van der Waals surface area contributed by atoms with Crippen molar-refractivity contribution in [1.29, 1.82) is 0 Å². The summed E-state index contributed by atoms with van der Waals surface area (Å²) in [5.74, 6) is -0.377. The average molecular weight is 376 g/mol. The topological polar surface area (TPSA) is 50.6 Å². The van der Waals surface area contributed by atoms with E-state index in [0.29, 0.717) is 5.56 Å². The van der Waals surface area contributed by atoms with Crippen molar-refractivity contribution in [1.82, 2.24) is 14.7 Å². The number of esters is 1. The molecule has 28 heavy (non-hydrogen) atoms. The van der Waals surface area contributed by atoms with Crippen LogP contribution in [0.3, 0.4) is 0 Å². The molecule has 2 heterocycles. The first kappa shape index (κ1) is 18.3. The zero-order valence-corrected chi connectivity index (χ0v) is 16.0. The predicted molar refractivity (Wildman–Crippen MR) is 109 cm³/mol. The summed E-state index contributed by atoms with van der Waals surface area (Å²) in [5.41, 5.74) is 3.95. The molecule has 1 aliphatic heterocycles. The van der Waals surface area contributed by atoms with Crippen molar-refractivity contribution in [2.75, 3.05) is 38.2 Å². The minimum atomic E-state index is -0.377. The zero-order chi connectivity index (χ0) is 19.3. The van der Waals surface area contributed by atoms with Crippen LogP contribution in [-0.2, 0) is 11.3 Å². The van der Waals surface area contributed by atoms with Crippen LogP contribution in [0, 0.1) is 0 Å². The van der Waals surface area contributed by atoms with Crippen LogP contribution in [0.5, 0.6) is 0 Å². The van der Waals surface area contributed by atoms with E-state index >= 15 is 0 Å². The molecule has 0 unspecified atom stereocenters. The number of rotatable bonds is 5. The summed E-state index contributed by atoms with van der Waals surface area (Å²) in [6, 6.07) is 18.9. The summed E-state index contributed by atoms with van der Waals surface area (Å²) in [7, 11) is 1.37. The minimum absolute atomic E-state index is 0.377. The molecule has 3 aromatic rings. The molecule has 0 radical (unpaired) electrons. The van der Waals surface area contributed by atoms with Gasteiger partial charge in [0.25, 0.3) is 0 Å². The first-order valence-corrected chi connectivity index (χ1v) is 9.47. The van der Waals surface area contributed by atoms with Gasteiger partial charge in [-0.25, -0.2) is 9.48 Å². The second kappa shape index (κ2) is 8.27. The number of hydrogen-bond donors (Lipinski definition) is 0. The number of carbonyl (C=O) groups excluding carboxylic acids is 1. The van der Waals surface area contributed by atoms with Gasteiger partial charge >= 0.3 is 5.97 Å². The van der Waals surface area contributed by atoms with Gasteiger partial charge in [0.1, 0.15) is 0 Å². The van der Waals surface area contributed by atoms with Crippen molar-refractivity contribution in [2.45, 2.75) is 6.54 Å². The van der Waals surface area contributed by atoms with Crippen molar-refractivity contribution >= 4 is 11.7 Å². The Bertz CT molecular complexity index is 913. The van der Waals surface area contributed by atoms with Crippen LogP contribution in [0.15, 0.2) is 67.0 Å². The molecule has 2 aromatic carbocycles. The maximum atomic E-state index is 11.6. The normalized spacial score (nSPS) is 14.8. The Morgan fingerprint density at radius 2 is 1.68 bits per heavy atom. The van der Waals surface area contributed by atoms with Crippen LogP contribution < -0.4 is 4.90 Å². The molecule has 0 aliphatic carbocycles. The highest BCUT2D eigenvalue weighted by Gasteiger charge is 2.17. The van der Waals surface area contributed by atoms with Gasteiger partial charge in [0.15, 0.2) is 0 Å². The number of ether oxygens (including phenoxy) is 1. The fourth-order valence-electron chi connectivity index (χ4n) is 3.50. The van der Waals surface area contributed by atoms with Gasteiger partial charge in [0.2, 0.25) is 0 Å². The quantitative estimate of drug-likeness (QED) is 0.641. The van der Waals surface area contributed by atoms with E-state index in [2.05, 4.69) is 57.4 Å². The Morgan fingerprint density at radius 3 is 2.36 bits per heavy atom. The monoisotopic (exact) mass is 376 g/mol. The van der Waals surface area contributed by atoms with E-state index in [0.717, 1.165) is 38.4 Å². The molecule has 0 N–H and O–H groups in total. The highest BCUT2D eigenvalue weighted by molar-refractivity contribution is 5.88. The van der Waals surface area contributed by atoms with Crippen molar-refractivity contribution in [3.8, 4) is 5.69 Å². The Hall–Kier alpha value is -3.12. The van der Waals surface area contributed by atoms with E-state index < -0.39 is 0 Å². The fraction of sp³-hybridized carbons (Fsp3) is 0.273. The minimum Gasteiger partial charge on any atom is -0.465 e. The van der Waals surface area contributed by atoms with E-state index in [1.807, 2.05) is 12.1 Å². The molecule has 1 saturated heterocycles. The molecule has 4 rings (SSSR count). The predicted octanol–water partition coefficient (Wildman–Crippen LogP) is 2.98. The third-order valence-electron chi connectivity index (χ3n) is 5.10. The van der Waals surface area contributed by atoms with Crippen LogP contribution in [0.1, 0.15) is 15.9 Å². The number of benzene rings is 2. The van der Waals surface area contributed by atoms with E-state index in [-0.39, 0.29) is 5.97 Å². The third-order valence-corrected chi connectivity index (χ3v) is 5.10. The van der Waals surface area contributed by atoms with Crippen molar-refractivity contribution < 1.29 is 9.53 Å².